The van der Waals surface area contributed by atoms with Crippen LogP contribution >= 0.6 is 11.3 Å². The minimum absolute atomic E-state index is 0.118. The third kappa shape index (κ3) is 4.18. The van der Waals surface area contributed by atoms with Crippen LogP contribution in [-0.2, 0) is 10.0 Å². The van der Waals surface area contributed by atoms with Crippen LogP contribution in [-0.4, -0.2) is 44.8 Å². The molecule has 1 N–H and O–H groups in total. The molecule has 160 valence electrons. The van der Waals surface area contributed by atoms with Crippen molar-refractivity contribution in [1.29, 1.82) is 0 Å². The van der Waals surface area contributed by atoms with Crippen LogP contribution < -0.4 is 10.1 Å². The van der Waals surface area contributed by atoms with E-state index in [0.29, 0.717) is 33.5 Å². The minimum Gasteiger partial charge on any atom is -0.497 e. The molecule has 0 saturated heterocycles. The maximum Gasteiger partial charge on any atom is 0.257 e. The summed E-state index contributed by atoms with van der Waals surface area (Å²) in [6.07, 6.45) is 0. The number of amides is 1. The SMILES string of the molecule is COc1ccc2cc(-c3csc(NC(=O)c4ccc(S(=O)(=O)N(C)C)cc4)n3)oc2c1. The number of benzene rings is 2. The van der Waals surface area contributed by atoms with Crippen molar-refractivity contribution in [2.45, 2.75) is 4.90 Å². The van der Waals surface area contributed by atoms with E-state index < -0.39 is 10.0 Å². The summed E-state index contributed by atoms with van der Waals surface area (Å²) in [6, 6.07) is 13.2. The molecule has 0 bridgehead atoms. The van der Waals surface area contributed by atoms with Crippen LogP contribution in [0.3, 0.4) is 0 Å². The molecule has 0 aliphatic carbocycles. The Kier molecular flexibility index (Phi) is 5.52. The number of ether oxygens (including phenoxy) is 1. The Bertz CT molecular complexity index is 1360. The highest BCUT2D eigenvalue weighted by atomic mass is 32.2. The van der Waals surface area contributed by atoms with Gasteiger partial charge in [-0.15, -0.1) is 11.3 Å². The van der Waals surface area contributed by atoms with Gasteiger partial charge in [-0.3, -0.25) is 10.1 Å². The first-order valence-electron chi connectivity index (χ1n) is 9.15. The predicted octanol–water partition coefficient (Wildman–Crippen LogP) is 4.07. The Balaban J connectivity index is 1.50. The van der Waals surface area contributed by atoms with Crippen molar-refractivity contribution in [3.8, 4) is 17.2 Å². The lowest BCUT2D eigenvalue weighted by Crippen LogP contribution is -2.22. The zero-order chi connectivity index (χ0) is 22.2. The summed E-state index contributed by atoms with van der Waals surface area (Å²) in [5.74, 6) is 0.895. The summed E-state index contributed by atoms with van der Waals surface area (Å²) in [5.41, 5.74) is 1.61. The molecule has 0 aliphatic rings. The Morgan fingerprint density at radius 1 is 1.13 bits per heavy atom. The number of nitrogens with one attached hydrogen (secondary N) is 1. The van der Waals surface area contributed by atoms with Gasteiger partial charge in [0.2, 0.25) is 10.0 Å². The topological polar surface area (TPSA) is 102 Å². The third-order valence-electron chi connectivity index (χ3n) is 4.60. The molecule has 4 aromatic rings. The van der Waals surface area contributed by atoms with Crippen molar-refractivity contribution in [1.82, 2.24) is 9.29 Å². The van der Waals surface area contributed by atoms with Gasteiger partial charge in [-0.05, 0) is 42.5 Å². The highest BCUT2D eigenvalue weighted by molar-refractivity contribution is 7.89. The number of hydrogen-bond donors (Lipinski definition) is 1. The van der Waals surface area contributed by atoms with Crippen LogP contribution in [0, 0.1) is 0 Å². The van der Waals surface area contributed by atoms with Crippen LogP contribution in [0.15, 0.2) is 63.2 Å². The lowest BCUT2D eigenvalue weighted by Gasteiger charge is -2.11. The Morgan fingerprint density at radius 2 is 1.87 bits per heavy atom. The van der Waals surface area contributed by atoms with Gasteiger partial charge < -0.3 is 9.15 Å². The number of furan rings is 1. The molecule has 0 spiro atoms. The number of anilines is 1. The zero-order valence-electron chi connectivity index (χ0n) is 16.9. The largest absolute Gasteiger partial charge is 0.497 e. The summed E-state index contributed by atoms with van der Waals surface area (Å²) >= 11 is 1.27. The molecule has 2 aromatic heterocycles. The monoisotopic (exact) mass is 457 g/mol. The molecule has 2 aromatic carbocycles. The number of carbonyl (C=O) groups is 1. The molecule has 0 atom stereocenters. The number of thiazole rings is 1. The van der Waals surface area contributed by atoms with E-state index >= 15 is 0 Å². The second-order valence-electron chi connectivity index (χ2n) is 6.82. The fraction of sp³-hybridized carbons (Fsp3) is 0.143. The van der Waals surface area contributed by atoms with E-state index in [4.69, 9.17) is 9.15 Å². The molecule has 8 nitrogen and oxygen atoms in total. The highest BCUT2D eigenvalue weighted by Gasteiger charge is 2.18. The van der Waals surface area contributed by atoms with Crippen molar-refractivity contribution < 1.29 is 22.4 Å². The van der Waals surface area contributed by atoms with Crippen molar-refractivity contribution in [3.05, 3.63) is 59.5 Å². The van der Waals surface area contributed by atoms with Gasteiger partial charge in [0.25, 0.3) is 5.91 Å². The maximum atomic E-state index is 12.5. The van der Waals surface area contributed by atoms with E-state index in [1.54, 1.807) is 18.6 Å². The third-order valence-corrected chi connectivity index (χ3v) is 7.19. The van der Waals surface area contributed by atoms with Crippen LogP contribution in [0.2, 0.25) is 0 Å². The number of rotatable bonds is 6. The second-order valence-corrected chi connectivity index (χ2v) is 9.83. The summed E-state index contributed by atoms with van der Waals surface area (Å²) < 4.78 is 36.5. The first-order valence-corrected chi connectivity index (χ1v) is 11.5. The summed E-state index contributed by atoms with van der Waals surface area (Å²) in [7, 11) is 0.950. The summed E-state index contributed by atoms with van der Waals surface area (Å²) in [6.45, 7) is 0. The number of hydrogen-bond acceptors (Lipinski definition) is 7. The van der Waals surface area contributed by atoms with Gasteiger partial charge in [0.15, 0.2) is 10.9 Å². The Labute approximate surface area is 183 Å². The van der Waals surface area contributed by atoms with E-state index in [-0.39, 0.29) is 10.8 Å². The van der Waals surface area contributed by atoms with E-state index in [1.165, 1.54) is 49.7 Å². The number of nitrogens with zero attached hydrogens (tertiary/aromatic N) is 2. The highest BCUT2D eigenvalue weighted by Crippen LogP contribution is 2.32. The van der Waals surface area contributed by atoms with Crippen LogP contribution in [0.5, 0.6) is 5.75 Å². The standard InChI is InChI=1S/C21H19N3O5S2/c1-24(2)31(26,27)16-8-5-13(6-9-16)20(25)23-21-22-17(12-30-21)19-10-14-4-7-15(28-3)11-18(14)29-19/h4-12H,1-3H3,(H,22,23,25). The second kappa shape index (κ2) is 8.14. The number of aromatic nitrogens is 1. The van der Waals surface area contributed by atoms with Crippen LogP contribution in [0.1, 0.15) is 10.4 Å². The maximum absolute atomic E-state index is 12.5. The Hall–Kier alpha value is -3.21. The summed E-state index contributed by atoms with van der Waals surface area (Å²) in [5, 5.41) is 5.84. The van der Waals surface area contributed by atoms with Crippen molar-refractivity contribution in [2.75, 3.05) is 26.5 Å². The molecular formula is C21H19N3O5S2. The van der Waals surface area contributed by atoms with Gasteiger partial charge in [0.1, 0.15) is 17.0 Å². The first-order chi connectivity index (χ1) is 14.8. The zero-order valence-corrected chi connectivity index (χ0v) is 18.6. The molecule has 2 heterocycles. The van der Waals surface area contributed by atoms with Crippen LogP contribution in [0.25, 0.3) is 22.4 Å². The molecule has 1 amide bonds. The van der Waals surface area contributed by atoms with Gasteiger partial charge >= 0.3 is 0 Å². The van der Waals surface area contributed by atoms with Gasteiger partial charge in [-0.2, -0.15) is 0 Å². The van der Waals surface area contributed by atoms with E-state index in [9.17, 15) is 13.2 Å². The normalized spacial score (nSPS) is 11.7. The van der Waals surface area contributed by atoms with Crippen LogP contribution in [0.4, 0.5) is 5.13 Å². The molecule has 0 aliphatic heterocycles. The minimum atomic E-state index is -3.55. The Morgan fingerprint density at radius 3 is 2.55 bits per heavy atom. The van der Waals surface area contributed by atoms with Crippen molar-refractivity contribution in [2.24, 2.45) is 0 Å². The molecule has 0 fully saturated rings. The number of fused-ring (bicyclic) bond motifs is 1. The van der Waals surface area contributed by atoms with E-state index in [0.717, 1.165) is 9.69 Å². The molecule has 0 radical (unpaired) electrons. The van der Waals surface area contributed by atoms with Crippen molar-refractivity contribution >= 4 is 43.4 Å². The van der Waals surface area contributed by atoms with Gasteiger partial charge in [0.05, 0.1) is 12.0 Å². The number of methoxy groups -OCH3 is 1. The van der Waals surface area contributed by atoms with Crippen molar-refractivity contribution in [3.63, 3.8) is 0 Å². The molecule has 4 rings (SSSR count). The first kappa shape index (κ1) is 21.0. The lowest BCUT2D eigenvalue weighted by atomic mass is 10.2. The molecule has 0 unspecified atom stereocenters. The van der Waals surface area contributed by atoms with Gasteiger partial charge in [-0.25, -0.2) is 17.7 Å². The average molecular weight is 458 g/mol. The van der Waals surface area contributed by atoms with E-state index in [2.05, 4.69) is 10.3 Å². The predicted molar refractivity (Wildman–Crippen MR) is 119 cm³/mol. The number of sulfonamides is 1. The molecule has 10 heteroatoms. The molecular weight excluding hydrogens is 438 g/mol. The quantitative estimate of drug-likeness (QED) is 0.468. The fourth-order valence-corrected chi connectivity index (χ4v) is 4.46. The molecule has 31 heavy (non-hydrogen) atoms. The van der Waals surface area contributed by atoms with Gasteiger partial charge in [-0.1, -0.05) is 0 Å². The molecule has 0 saturated carbocycles. The average Bonchev–Trinajstić information content (AvgIpc) is 3.39. The fourth-order valence-electron chi connectivity index (χ4n) is 2.87. The lowest BCUT2D eigenvalue weighted by molar-refractivity contribution is 0.102. The number of carbonyl (C=O) groups excluding carboxylic acids is 1. The van der Waals surface area contributed by atoms with E-state index in [1.807, 2.05) is 18.2 Å². The van der Waals surface area contributed by atoms with Gasteiger partial charge in [0, 0.05) is 36.5 Å². The smallest absolute Gasteiger partial charge is 0.257 e. The summed E-state index contributed by atoms with van der Waals surface area (Å²) in [4.78, 5) is 17.1.